The summed E-state index contributed by atoms with van der Waals surface area (Å²) in [5, 5.41) is 14.6. The van der Waals surface area contributed by atoms with Crippen LogP contribution in [0.5, 0.6) is 0 Å². The van der Waals surface area contributed by atoms with Gasteiger partial charge in [0, 0.05) is 19.1 Å². The van der Waals surface area contributed by atoms with Crippen LogP contribution < -0.4 is 10.6 Å². The number of hydrogen-bond donors (Lipinski definition) is 3. The normalized spacial score (nSPS) is 18.4. The van der Waals surface area contributed by atoms with Crippen molar-refractivity contribution in [3.05, 3.63) is 0 Å². The van der Waals surface area contributed by atoms with Gasteiger partial charge < -0.3 is 20.6 Å². The molecule has 0 aromatic heterocycles. The first-order valence-electron chi connectivity index (χ1n) is 7.73. The van der Waals surface area contributed by atoms with Crippen molar-refractivity contribution in [1.82, 2.24) is 15.5 Å². The Labute approximate surface area is 131 Å². The molecule has 0 spiro atoms. The molecule has 1 heterocycles. The van der Waals surface area contributed by atoms with Crippen molar-refractivity contribution in [2.75, 3.05) is 13.1 Å². The zero-order valence-corrected chi connectivity index (χ0v) is 13.8. The summed E-state index contributed by atoms with van der Waals surface area (Å²) >= 11 is 0. The molecule has 0 unspecified atom stereocenters. The Morgan fingerprint density at radius 1 is 1.32 bits per heavy atom. The lowest BCUT2D eigenvalue weighted by molar-refractivity contribution is -0.147. The van der Waals surface area contributed by atoms with E-state index in [1.54, 1.807) is 18.7 Å². The van der Waals surface area contributed by atoms with E-state index in [9.17, 15) is 14.4 Å². The maximum absolute atomic E-state index is 12.2. The highest BCUT2D eigenvalue weighted by atomic mass is 16.4. The molecule has 1 fully saturated rings. The number of nitrogens with one attached hydrogen (secondary N) is 2. The number of rotatable bonds is 6. The van der Waals surface area contributed by atoms with Crippen LogP contribution in [0.25, 0.3) is 0 Å². The van der Waals surface area contributed by atoms with Gasteiger partial charge in [-0.25, -0.2) is 4.79 Å². The summed E-state index contributed by atoms with van der Waals surface area (Å²) in [7, 11) is 0. The van der Waals surface area contributed by atoms with E-state index in [2.05, 4.69) is 10.6 Å². The third-order valence-electron chi connectivity index (χ3n) is 3.86. The highest BCUT2D eigenvalue weighted by Gasteiger charge is 2.34. The van der Waals surface area contributed by atoms with Crippen molar-refractivity contribution in [1.29, 1.82) is 0 Å². The number of hydrogen-bond acceptors (Lipinski definition) is 3. The van der Waals surface area contributed by atoms with Gasteiger partial charge in [-0.3, -0.25) is 9.59 Å². The molecule has 1 rings (SSSR count). The fraction of sp³-hybridized carbons (Fsp3) is 0.800. The molecule has 22 heavy (non-hydrogen) atoms. The number of nitrogens with zero attached hydrogens (tertiary/aromatic N) is 1. The average molecular weight is 313 g/mol. The zero-order valence-electron chi connectivity index (χ0n) is 13.8. The molecular formula is C15H27N3O4. The molecule has 0 aromatic carbocycles. The zero-order chi connectivity index (χ0) is 16.9. The van der Waals surface area contributed by atoms with Crippen LogP contribution in [0.2, 0.25) is 0 Å². The van der Waals surface area contributed by atoms with Crippen molar-refractivity contribution < 1.29 is 19.5 Å². The predicted molar refractivity (Wildman–Crippen MR) is 82.4 cm³/mol. The Bertz CT molecular complexity index is 435. The highest BCUT2D eigenvalue weighted by molar-refractivity contribution is 5.87. The fourth-order valence-electron chi connectivity index (χ4n) is 2.34. The quantitative estimate of drug-likeness (QED) is 0.686. The van der Waals surface area contributed by atoms with Crippen molar-refractivity contribution in [2.45, 2.75) is 59.0 Å². The van der Waals surface area contributed by atoms with Crippen LogP contribution in [-0.2, 0) is 9.59 Å². The third-order valence-corrected chi connectivity index (χ3v) is 3.86. The molecule has 0 aliphatic carbocycles. The molecule has 1 aliphatic rings. The van der Waals surface area contributed by atoms with E-state index in [0.717, 1.165) is 6.42 Å². The molecular weight excluding hydrogens is 286 g/mol. The second-order valence-corrected chi connectivity index (χ2v) is 6.69. The van der Waals surface area contributed by atoms with Gasteiger partial charge in [0.1, 0.15) is 6.04 Å². The van der Waals surface area contributed by atoms with Crippen LogP contribution in [0.15, 0.2) is 0 Å². The molecule has 7 nitrogen and oxygen atoms in total. The Balaban J connectivity index is 2.50. The van der Waals surface area contributed by atoms with Crippen molar-refractivity contribution in [2.24, 2.45) is 5.41 Å². The predicted octanol–water partition coefficient (Wildman–Crippen LogP) is 1.19. The first kappa shape index (κ1) is 18.3. The third kappa shape index (κ3) is 4.89. The average Bonchev–Trinajstić information content (AvgIpc) is 2.86. The number of urea groups is 1. The van der Waals surface area contributed by atoms with Crippen LogP contribution in [0.3, 0.4) is 0 Å². The fourth-order valence-corrected chi connectivity index (χ4v) is 2.34. The molecule has 0 bridgehead atoms. The molecule has 0 radical (unpaired) electrons. The minimum Gasteiger partial charge on any atom is -0.481 e. The number of carbonyl (C=O) groups is 3. The monoisotopic (exact) mass is 313 g/mol. The number of aliphatic carboxylic acids is 1. The summed E-state index contributed by atoms with van der Waals surface area (Å²) < 4.78 is 0. The minimum absolute atomic E-state index is 0.0215. The molecule has 3 N–H and O–H groups in total. The van der Waals surface area contributed by atoms with E-state index in [1.807, 2.05) is 13.8 Å². The number of carboxylic acid groups (broad SMARTS) is 1. The minimum atomic E-state index is -0.888. The summed E-state index contributed by atoms with van der Waals surface area (Å²) in [5.74, 6) is -1.10. The Kier molecular flexibility index (Phi) is 6.20. The van der Waals surface area contributed by atoms with Crippen molar-refractivity contribution in [3.63, 3.8) is 0 Å². The number of likely N-dealkylation sites (tertiary alicyclic amines) is 1. The van der Waals surface area contributed by atoms with E-state index >= 15 is 0 Å². The summed E-state index contributed by atoms with van der Waals surface area (Å²) in [5.41, 5.74) is -0.877. The van der Waals surface area contributed by atoms with E-state index in [4.69, 9.17) is 5.11 Å². The maximum Gasteiger partial charge on any atom is 0.318 e. The van der Waals surface area contributed by atoms with E-state index in [0.29, 0.717) is 19.4 Å². The Morgan fingerprint density at radius 2 is 1.95 bits per heavy atom. The Morgan fingerprint density at radius 3 is 2.50 bits per heavy atom. The summed E-state index contributed by atoms with van der Waals surface area (Å²) in [6.07, 6.45) is 1.78. The van der Waals surface area contributed by atoms with Gasteiger partial charge in [0.25, 0.3) is 0 Å². The van der Waals surface area contributed by atoms with Gasteiger partial charge in [0.2, 0.25) is 5.91 Å². The van der Waals surface area contributed by atoms with Crippen LogP contribution in [0.1, 0.15) is 47.0 Å². The molecule has 1 aliphatic heterocycles. The van der Waals surface area contributed by atoms with Gasteiger partial charge in [-0.2, -0.15) is 0 Å². The molecule has 1 atom stereocenters. The van der Waals surface area contributed by atoms with Crippen LogP contribution in [-0.4, -0.2) is 53.1 Å². The van der Waals surface area contributed by atoms with Gasteiger partial charge in [-0.05, 0) is 47.0 Å². The maximum atomic E-state index is 12.2. The van der Waals surface area contributed by atoms with Gasteiger partial charge in [-0.1, -0.05) is 0 Å². The summed E-state index contributed by atoms with van der Waals surface area (Å²) in [6.45, 7) is 7.85. The van der Waals surface area contributed by atoms with Crippen LogP contribution in [0.4, 0.5) is 4.79 Å². The van der Waals surface area contributed by atoms with E-state index < -0.39 is 17.4 Å². The first-order chi connectivity index (χ1) is 10.1. The molecule has 126 valence electrons. The largest absolute Gasteiger partial charge is 0.481 e. The topological polar surface area (TPSA) is 98.7 Å². The second-order valence-electron chi connectivity index (χ2n) is 6.69. The molecule has 0 aromatic rings. The van der Waals surface area contributed by atoms with Gasteiger partial charge in [-0.15, -0.1) is 0 Å². The lowest BCUT2D eigenvalue weighted by Gasteiger charge is -2.26. The number of carboxylic acids is 1. The van der Waals surface area contributed by atoms with Crippen molar-refractivity contribution >= 4 is 17.9 Å². The van der Waals surface area contributed by atoms with Crippen LogP contribution in [0, 0.1) is 5.41 Å². The molecule has 3 amide bonds. The first-order valence-corrected chi connectivity index (χ1v) is 7.73. The Hall–Kier alpha value is -1.79. The smallest absolute Gasteiger partial charge is 0.318 e. The molecule has 1 saturated heterocycles. The number of carbonyl (C=O) groups excluding carboxylic acids is 2. The highest BCUT2D eigenvalue weighted by Crippen LogP contribution is 2.20. The lowest BCUT2D eigenvalue weighted by atomic mass is 9.89. The van der Waals surface area contributed by atoms with Crippen LogP contribution >= 0.6 is 0 Å². The molecule has 0 saturated carbocycles. The SMILES string of the molecule is CC(C)NC(=O)N1CCC[C@H]1C(=O)NCCC(C)(C)C(=O)O. The number of amides is 3. The van der Waals surface area contributed by atoms with E-state index in [-0.39, 0.29) is 24.5 Å². The van der Waals surface area contributed by atoms with Gasteiger partial charge in [0.05, 0.1) is 5.41 Å². The summed E-state index contributed by atoms with van der Waals surface area (Å²) in [6, 6.07) is -0.668. The second kappa shape index (κ2) is 7.47. The van der Waals surface area contributed by atoms with Gasteiger partial charge in [0.15, 0.2) is 0 Å². The van der Waals surface area contributed by atoms with E-state index in [1.165, 1.54) is 0 Å². The summed E-state index contributed by atoms with van der Waals surface area (Å²) in [4.78, 5) is 36.8. The standard InChI is InChI=1S/C15H27N3O4/c1-10(2)17-14(22)18-9-5-6-11(18)12(19)16-8-7-15(3,4)13(20)21/h10-11H,5-9H2,1-4H3,(H,16,19)(H,17,22)(H,20,21)/t11-/m0/s1. The van der Waals surface area contributed by atoms with Gasteiger partial charge >= 0.3 is 12.0 Å². The molecule has 7 heteroatoms. The lowest BCUT2D eigenvalue weighted by Crippen LogP contribution is -2.51. The van der Waals surface area contributed by atoms with Crippen molar-refractivity contribution in [3.8, 4) is 0 Å².